The van der Waals surface area contributed by atoms with Gasteiger partial charge in [-0.25, -0.2) is 9.31 Å². The Labute approximate surface area is 127 Å². The van der Waals surface area contributed by atoms with Gasteiger partial charge in [0.25, 0.3) is 0 Å². The highest BCUT2D eigenvalue weighted by Crippen LogP contribution is 2.18. The molecule has 0 aromatic carbocycles. The second-order valence-corrected chi connectivity index (χ2v) is 5.47. The molecule has 0 radical (unpaired) electrons. The largest absolute Gasteiger partial charge is 0.478 e. The highest BCUT2D eigenvalue weighted by atomic mass is 16.4. The van der Waals surface area contributed by atoms with Gasteiger partial charge < -0.3 is 10.0 Å². The van der Waals surface area contributed by atoms with E-state index in [1.807, 2.05) is 17.0 Å². The van der Waals surface area contributed by atoms with Crippen LogP contribution in [-0.4, -0.2) is 62.6 Å². The second-order valence-electron chi connectivity index (χ2n) is 5.47. The SMILES string of the molecule is CC(=O)N1CCN(Cc2cccn3ncc(C(=O)O)c23)CC1. The first-order chi connectivity index (χ1) is 10.6. The van der Waals surface area contributed by atoms with E-state index in [2.05, 4.69) is 10.00 Å². The van der Waals surface area contributed by atoms with Crippen LogP contribution in [0.4, 0.5) is 0 Å². The first kappa shape index (κ1) is 14.5. The van der Waals surface area contributed by atoms with Crippen LogP contribution in [0.2, 0.25) is 0 Å². The maximum atomic E-state index is 11.4. The number of hydrogen-bond donors (Lipinski definition) is 1. The Morgan fingerprint density at radius 3 is 2.64 bits per heavy atom. The van der Waals surface area contributed by atoms with Crippen molar-refractivity contribution in [3.05, 3.63) is 35.7 Å². The summed E-state index contributed by atoms with van der Waals surface area (Å²) in [5.74, 6) is -0.866. The summed E-state index contributed by atoms with van der Waals surface area (Å²) in [6.07, 6.45) is 3.13. The van der Waals surface area contributed by atoms with Gasteiger partial charge in [-0.1, -0.05) is 6.07 Å². The van der Waals surface area contributed by atoms with Crippen molar-refractivity contribution in [3.8, 4) is 0 Å². The number of rotatable bonds is 3. The number of carbonyl (C=O) groups is 2. The fourth-order valence-electron chi connectivity index (χ4n) is 2.86. The van der Waals surface area contributed by atoms with Gasteiger partial charge in [0.15, 0.2) is 0 Å². The topological polar surface area (TPSA) is 78.2 Å². The summed E-state index contributed by atoms with van der Waals surface area (Å²) in [5, 5.41) is 13.4. The van der Waals surface area contributed by atoms with Crippen LogP contribution in [0.15, 0.2) is 24.5 Å². The van der Waals surface area contributed by atoms with E-state index < -0.39 is 5.97 Å². The Bertz CT molecular complexity index is 717. The van der Waals surface area contributed by atoms with Gasteiger partial charge in [0, 0.05) is 45.8 Å². The molecule has 0 bridgehead atoms. The number of piperazine rings is 1. The van der Waals surface area contributed by atoms with Gasteiger partial charge in [0.2, 0.25) is 5.91 Å². The molecule has 1 saturated heterocycles. The monoisotopic (exact) mass is 302 g/mol. The number of nitrogens with zero attached hydrogens (tertiary/aromatic N) is 4. The zero-order chi connectivity index (χ0) is 15.7. The molecule has 0 spiro atoms. The number of carboxylic acids is 1. The van der Waals surface area contributed by atoms with E-state index in [1.54, 1.807) is 17.6 Å². The molecule has 1 N–H and O–H groups in total. The fraction of sp³-hybridized carbons (Fsp3) is 0.400. The molecular formula is C15H18N4O3. The molecule has 0 saturated carbocycles. The van der Waals surface area contributed by atoms with Crippen molar-refractivity contribution in [2.75, 3.05) is 26.2 Å². The molecule has 1 aliphatic rings. The van der Waals surface area contributed by atoms with Gasteiger partial charge >= 0.3 is 5.97 Å². The minimum atomic E-state index is -0.969. The number of hydrogen-bond acceptors (Lipinski definition) is 4. The van der Waals surface area contributed by atoms with Crippen molar-refractivity contribution >= 4 is 17.4 Å². The van der Waals surface area contributed by atoms with Crippen molar-refractivity contribution in [3.63, 3.8) is 0 Å². The van der Waals surface area contributed by atoms with E-state index in [9.17, 15) is 14.7 Å². The van der Waals surface area contributed by atoms with Crippen LogP contribution in [0.3, 0.4) is 0 Å². The molecule has 7 nitrogen and oxygen atoms in total. The van der Waals surface area contributed by atoms with E-state index in [0.29, 0.717) is 25.2 Å². The summed E-state index contributed by atoms with van der Waals surface area (Å²) < 4.78 is 1.60. The van der Waals surface area contributed by atoms with Gasteiger partial charge in [-0.05, 0) is 11.6 Å². The quantitative estimate of drug-likeness (QED) is 0.903. The molecule has 7 heteroatoms. The molecule has 2 aromatic rings. The lowest BCUT2D eigenvalue weighted by atomic mass is 10.1. The lowest BCUT2D eigenvalue weighted by Crippen LogP contribution is -2.47. The van der Waals surface area contributed by atoms with Crippen molar-refractivity contribution < 1.29 is 14.7 Å². The molecule has 0 unspecified atom stereocenters. The van der Waals surface area contributed by atoms with Crippen LogP contribution in [0.1, 0.15) is 22.8 Å². The number of carbonyl (C=O) groups excluding carboxylic acids is 1. The third-order valence-corrected chi connectivity index (χ3v) is 4.07. The van der Waals surface area contributed by atoms with Gasteiger partial charge in [-0.2, -0.15) is 5.10 Å². The van der Waals surface area contributed by atoms with Crippen molar-refractivity contribution in [2.24, 2.45) is 0 Å². The first-order valence-corrected chi connectivity index (χ1v) is 7.22. The van der Waals surface area contributed by atoms with E-state index in [-0.39, 0.29) is 11.5 Å². The maximum Gasteiger partial charge on any atom is 0.339 e. The molecule has 3 heterocycles. The average Bonchev–Trinajstić information content (AvgIpc) is 2.93. The number of carboxylic acid groups (broad SMARTS) is 1. The fourth-order valence-corrected chi connectivity index (χ4v) is 2.86. The Kier molecular flexibility index (Phi) is 3.81. The smallest absolute Gasteiger partial charge is 0.339 e. The molecule has 22 heavy (non-hydrogen) atoms. The first-order valence-electron chi connectivity index (χ1n) is 7.22. The van der Waals surface area contributed by atoms with Gasteiger partial charge in [0.05, 0.1) is 11.7 Å². The highest BCUT2D eigenvalue weighted by molar-refractivity contribution is 5.96. The predicted molar refractivity (Wildman–Crippen MR) is 79.7 cm³/mol. The molecule has 3 rings (SSSR count). The third kappa shape index (κ3) is 2.67. The lowest BCUT2D eigenvalue weighted by Gasteiger charge is -2.34. The molecule has 116 valence electrons. The predicted octanol–water partition coefficient (Wildman–Crippen LogP) is 0.697. The summed E-state index contributed by atoms with van der Waals surface area (Å²) in [4.78, 5) is 26.7. The minimum Gasteiger partial charge on any atom is -0.478 e. The highest BCUT2D eigenvalue weighted by Gasteiger charge is 2.21. The summed E-state index contributed by atoms with van der Waals surface area (Å²) in [7, 11) is 0. The molecule has 1 amide bonds. The lowest BCUT2D eigenvalue weighted by molar-refractivity contribution is -0.130. The minimum absolute atomic E-state index is 0.103. The second kappa shape index (κ2) is 5.76. The standard InChI is InChI=1S/C15H18N4O3/c1-11(20)18-7-5-17(6-8-18)10-12-3-2-4-19-14(12)13(9-16-19)15(21)22/h2-4,9H,5-8,10H2,1H3,(H,21,22). The van der Waals surface area contributed by atoms with E-state index in [1.165, 1.54) is 6.20 Å². The third-order valence-electron chi connectivity index (χ3n) is 4.07. The van der Waals surface area contributed by atoms with Crippen molar-refractivity contribution in [1.82, 2.24) is 19.4 Å². The molecular weight excluding hydrogens is 284 g/mol. The number of aromatic nitrogens is 2. The Balaban J connectivity index is 1.81. The van der Waals surface area contributed by atoms with Crippen molar-refractivity contribution in [1.29, 1.82) is 0 Å². The number of pyridine rings is 1. The van der Waals surface area contributed by atoms with E-state index in [4.69, 9.17) is 0 Å². The summed E-state index contributed by atoms with van der Waals surface area (Å²) in [6, 6.07) is 3.80. The van der Waals surface area contributed by atoms with Gasteiger partial charge in [0.1, 0.15) is 5.56 Å². The van der Waals surface area contributed by atoms with Crippen LogP contribution >= 0.6 is 0 Å². The number of aromatic carboxylic acids is 1. The Morgan fingerprint density at radius 1 is 1.27 bits per heavy atom. The van der Waals surface area contributed by atoms with Crippen LogP contribution in [0, 0.1) is 0 Å². The maximum absolute atomic E-state index is 11.4. The Morgan fingerprint density at radius 2 is 2.00 bits per heavy atom. The molecule has 2 aromatic heterocycles. The average molecular weight is 302 g/mol. The molecule has 0 atom stereocenters. The van der Waals surface area contributed by atoms with Crippen LogP contribution in [0.5, 0.6) is 0 Å². The van der Waals surface area contributed by atoms with Crippen LogP contribution in [-0.2, 0) is 11.3 Å². The zero-order valence-electron chi connectivity index (χ0n) is 12.4. The summed E-state index contributed by atoms with van der Waals surface area (Å²) >= 11 is 0. The van der Waals surface area contributed by atoms with Crippen LogP contribution < -0.4 is 0 Å². The number of fused-ring (bicyclic) bond motifs is 1. The summed E-state index contributed by atoms with van der Waals surface area (Å²) in [6.45, 7) is 5.24. The Hall–Kier alpha value is -2.41. The molecule has 1 aliphatic heterocycles. The van der Waals surface area contributed by atoms with Gasteiger partial charge in [-0.15, -0.1) is 0 Å². The molecule has 1 fully saturated rings. The van der Waals surface area contributed by atoms with Gasteiger partial charge in [-0.3, -0.25) is 9.69 Å². The summed E-state index contributed by atoms with van der Waals surface area (Å²) in [5.41, 5.74) is 1.80. The van der Waals surface area contributed by atoms with Crippen molar-refractivity contribution in [2.45, 2.75) is 13.5 Å². The molecule has 0 aliphatic carbocycles. The van der Waals surface area contributed by atoms with E-state index in [0.717, 1.165) is 18.7 Å². The number of amides is 1. The van der Waals surface area contributed by atoms with Crippen LogP contribution in [0.25, 0.3) is 5.52 Å². The zero-order valence-corrected chi connectivity index (χ0v) is 12.4. The van der Waals surface area contributed by atoms with E-state index >= 15 is 0 Å². The normalized spacial score (nSPS) is 16.1.